The van der Waals surface area contributed by atoms with Gasteiger partial charge in [-0.05, 0) is 105 Å². The molecule has 248 valence electrons. The lowest BCUT2D eigenvalue weighted by molar-refractivity contribution is -0.148. The average Bonchev–Trinajstić information content (AvgIpc) is 3.14. The Labute approximate surface area is 276 Å². The van der Waals surface area contributed by atoms with Gasteiger partial charge in [-0.2, -0.15) is 0 Å². The summed E-state index contributed by atoms with van der Waals surface area (Å²) in [7, 11) is -2.45. The number of allylic oxidation sites excluding steroid dienone is 1. The van der Waals surface area contributed by atoms with Crippen LogP contribution in [0, 0.1) is 17.8 Å². The number of amides is 1. The third-order valence-electron chi connectivity index (χ3n) is 11.0. The first-order valence-electron chi connectivity index (χ1n) is 16.2. The SMILES string of the molecule is CO[C@@]1(CC(=O)O)/C=C/C[C@H](C)[C@@H](C)S(=O)(=O)NC(=O)c2ccc3c(c2)N(C[C@@H]2CC[C@H]21)C[C@@]1(CCCc2cc(Cl)ccc21)CO3. The van der Waals surface area contributed by atoms with Gasteiger partial charge < -0.3 is 19.5 Å². The molecule has 4 aliphatic rings. The van der Waals surface area contributed by atoms with Crippen LogP contribution in [0.1, 0.15) is 73.9 Å². The van der Waals surface area contributed by atoms with Crippen LogP contribution >= 0.6 is 11.6 Å². The van der Waals surface area contributed by atoms with E-state index in [1.807, 2.05) is 31.2 Å². The number of hydrogen-bond donors (Lipinski definition) is 2. The zero-order valence-corrected chi connectivity index (χ0v) is 28.2. The van der Waals surface area contributed by atoms with E-state index in [1.165, 1.54) is 11.1 Å². The first-order valence-corrected chi connectivity index (χ1v) is 18.1. The molecule has 0 radical (unpaired) electrons. The Bertz CT molecular complexity index is 1660. The van der Waals surface area contributed by atoms with Crippen molar-refractivity contribution >= 4 is 39.2 Å². The quantitative estimate of drug-likeness (QED) is 0.397. The predicted octanol–water partition coefficient (Wildman–Crippen LogP) is 5.74. The maximum Gasteiger partial charge on any atom is 0.306 e. The van der Waals surface area contributed by atoms with E-state index in [-0.39, 0.29) is 35.2 Å². The molecule has 1 amide bonds. The molecule has 6 atom stereocenters. The third-order valence-corrected chi connectivity index (χ3v) is 13.2. The number of rotatable bonds is 3. The van der Waals surface area contributed by atoms with Gasteiger partial charge in [0.2, 0.25) is 10.0 Å². The van der Waals surface area contributed by atoms with Gasteiger partial charge in [0.15, 0.2) is 0 Å². The van der Waals surface area contributed by atoms with E-state index in [9.17, 15) is 23.1 Å². The zero-order chi connectivity index (χ0) is 32.9. The van der Waals surface area contributed by atoms with Gasteiger partial charge in [-0.1, -0.05) is 36.7 Å². The summed E-state index contributed by atoms with van der Waals surface area (Å²) in [6.45, 7) is 5.05. The molecule has 46 heavy (non-hydrogen) atoms. The highest BCUT2D eigenvalue weighted by Gasteiger charge is 2.50. The van der Waals surface area contributed by atoms with Crippen molar-refractivity contribution in [2.75, 3.05) is 31.7 Å². The summed E-state index contributed by atoms with van der Waals surface area (Å²) in [5, 5.41) is 9.83. The molecule has 1 fully saturated rings. The highest BCUT2D eigenvalue weighted by molar-refractivity contribution is 7.90. The van der Waals surface area contributed by atoms with Crippen LogP contribution in [0.2, 0.25) is 5.02 Å². The highest BCUT2D eigenvalue weighted by atomic mass is 35.5. The van der Waals surface area contributed by atoms with Crippen LogP contribution < -0.4 is 14.4 Å². The van der Waals surface area contributed by atoms with Gasteiger partial charge in [-0.25, -0.2) is 13.1 Å². The molecule has 0 saturated heterocycles. The number of nitrogens with zero attached hydrogens (tertiary/aromatic N) is 1. The number of carbonyl (C=O) groups excluding carboxylic acids is 1. The molecule has 2 aromatic rings. The Morgan fingerprint density at radius 3 is 2.72 bits per heavy atom. The molecule has 9 nitrogen and oxygen atoms in total. The van der Waals surface area contributed by atoms with Gasteiger partial charge >= 0.3 is 5.97 Å². The lowest BCUT2D eigenvalue weighted by Crippen LogP contribution is -2.53. The fourth-order valence-electron chi connectivity index (χ4n) is 8.07. The molecule has 2 aromatic carbocycles. The van der Waals surface area contributed by atoms with Gasteiger partial charge in [-0.15, -0.1) is 0 Å². The Morgan fingerprint density at radius 1 is 1.20 bits per heavy atom. The number of ether oxygens (including phenoxy) is 2. The standard InChI is InChI=1S/C35H43ClN2O7S/c1-22-6-4-15-35(44-3,18-32(39)40)29-11-8-26(29)19-38-20-34(14-5-7-24-16-27(36)10-12-28(24)34)21-45-31-13-9-25(17-30(31)38)33(41)37-46(42,43)23(22)2/h4,9-10,12-13,15-17,22-23,26,29H,5-8,11,14,18-21H2,1-3H3,(H,37,41)(H,39,40)/b15-4+/t22-,23+,26-,29+,34-,35+/m0/s1. The molecule has 2 heterocycles. The number of carboxylic acid groups (broad SMARTS) is 1. The van der Waals surface area contributed by atoms with Crippen LogP contribution in [0.3, 0.4) is 0 Å². The first kappa shape index (κ1) is 32.8. The van der Waals surface area contributed by atoms with Gasteiger partial charge in [-0.3, -0.25) is 9.59 Å². The molecular weight excluding hydrogens is 628 g/mol. The molecule has 2 aliphatic heterocycles. The zero-order valence-electron chi connectivity index (χ0n) is 26.6. The fourth-order valence-corrected chi connectivity index (χ4v) is 9.55. The van der Waals surface area contributed by atoms with E-state index in [2.05, 4.69) is 15.7 Å². The number of benzene rings is 2. The Balaban J connectivity index is 1.47. The van der Waals surface area contributed by atoms with Crippen molar-refractivity contribution in [1.82, 2.24) is 4.72 Å². The van der Waals surface area contributed by atoms with E-state index in [1.54, 1.807) is 32.2 Å². The maximum atomic E-state index is 13.4. The van der Waals surface area contributed by atoms with E-state index < -0.39 is 32.8 Å². The van der Waals surface area contributed by atoms with Crippen molar-refractivity contribution in [3.05, 3.63) is 70.3 Å². The fraction of sp³-hybridized carbons (Fsp3) is 0.543. The highest BCUT2D eigenvalue weighted by Crippen LogP contribution is 2.50. The number of carbonyl (C=O) groups is 2. The summed E-state index contributed by atoms with van der Waals surface area (Å²) in [5.74, 6) is -1.30. The topological polar surface area (TPSA) is 122 Å². The summed E-state index contributed by atoms with van der Waals surface area (Å²) in [4.78, 5) is 27.9. The van der Waals surface area contributed by atoms with Gasteiger partial charge in [0.05, 0.1) is 29.6 Å². The summed E-state index contributed by atoms with van der Waals surface area (Å²) in [6, 6.07) is 11.2. The molecule has 0 aromatic heterocycles. The Morgan fingerprint density at radius 2 is 2.00 bits per heavy atom. The van der Waals surface area contributed by atoms with Gasteiger partial charge in [0.1, 0.15) is 5.75 Å². The number of methoxy groups -OCH3 is 1. The van der Waals surface area contributed by atoms with Gasteiger partial charge in [0.25, 0.3) is 5.91 Å². The molecule has 2 bridgehead atoms. The molecule has 6 rings (SSSR count). The maximum absolute atomic E-state index is 13.4. The summed E-state index contributed by atoms with van der Waals surface area (Å²) in [5.41, 5.74) is 1.99. The Kier molecular flexibility index (Phi) is 8.93. The second-order valence-corrected chi connectivity index (χ2v) is 16.2. The smallest absolute Gasteiger partial charge is 0.306 e. The number of anilines is 1. The van der Waals surface area contributed by atoms with Crippen molar-refractivity contribution in [1.29, 1.82) is 0 Å². The summed E-state index contributed by atoms with van der Waals surface area (Å²) < 4.78 is 41.6. The molecule has 11 heteroatoms. The van der Waals surface area contributed by atoms with Crippen LogP contribution in [0.4, 0.5) is 5.69 Å². The van der Waals surface area contributed by atoms with E-state index in [4.69, 9.17) is 21.1 Å². The number of aryl methyl sites for hydroxylation is 1. The van der Waals surface area contributed by atoms with E-state index >= 15 is 0 Å². The van der Waals surface area contributed by atoms with Crippen LogP contribution in [0.15, 0.2) is 48.6 Å². The van der Waals surface area contributed by atoms with Gasteiger partial charge in [0, 0.05) is 36.2 Å². The molecule has 2 aliphatic carbocycles. The molecular formula is C35H43ClN2O7S. The normalized spacial score (nSPS) is 33.0. The van der Waals surface area contributed by atoms with Crippen molar-refractivity contribution in [3.63, 3.8) is 0 Å². The van der Waals surface area contributed by atoms with Crippen molar-refractivity contribution in [2.24, 2.45) is 17.8 Å². The van der Waals surface area contributed by atoms with Crippen molar-refractivity contribution in [3.8, 4) is 5.75 Å². The average molecular weight is 671 g/mol. The van der Waals surface area contributed by atoms with Crippen LogP contribution in [-0.2, 0) is 31.4 Å². The minimum absolute atomic E-state index is 0.0679. The Hall–Kier alpha value is -3.08. The molecule has 2 N–H and O–H groups in total. The number of carboxylic acids is 1. The van der Waals surface area contributed by atoms with Crippen molar-refractivity contribution < 1.29 is 32.6 Å². The molecule has 1 spiro atoms. The monoisotopic (exact) mass is 670 g/mol. The predicted molar refractivity (Wildman–Crippen MR) is 177 cm³/mol. The number of fused-ring (bicyclic) bond motifs is 4. The van der Waals surface area contributed by atoms with Crippen LogP contribution in [0.25, 0.3) is 0 Å². The number of sulfonamides is 1. The van der Waals surface area contributed by atoms with E-state index in [0.717, 1.165) is 37.8 Å². The van der Waals surface area contributed by atoms with Crippen LogP contribution in [0.5, 0.6) is 5.75 Å². The summed E-state index contributed by atoms with van der Waals surface area (Å²) in [6.07, 6.45) is 8.42. The summed E-state index contributed by atoms with van der Waals surface area (Å²) >= 11 is 6.41. The largest absolute Gasteiger partial charge is 0.490 e. The molecule has 1 saturated carbocycles. The number of nitrogens with one attached hydrogen (secondary N) is 1. The van der Waals surface area contributed by atoms with Crippen molar-refractivity contribution in [2.45, 2.75) is 75.1 Å². The number of halogens is 1. The van der Waals surface area contributed by atoms with Crippen LogP contribution in [-0.4, -0.2) is 63.1 Å². The lowest BCUT2D eigenvalue weighted by Gasteiger charge is -2.50. The minimum atomic E-state index is -4.01. The lowest BCUT2D eigenvalue weighted by atomic mass is 9.63. The first-order chi connectivity index (χ1) is 21.9. The minimum Gasteiger partial charge on any atom is -0.490 e. The third kappa shape index (κ3) is 6.04. The number of aliphatic carboxylic acids is 1. The second-order valence-electron chi connectivity index (χ2n) is 13.8. The van der Waals surface area contributed by atoms with E-state index in [0.29, 0.717) is 36.9 Å². The second kappa shape index (κ2) is 12.5. The molecule has 0 unspecified atom stereocenters. The number of hydrogen-bond acceptors (Lipinski definition) is 7.